The summed E-state index contributed by atoms with van der Waals surface area (Å²) in [5.41, 5.74) is 0.623. The second-order valence-corrected chi connectivity index (χ2v) is 13.1. The number of rotatable bonds is 11. The summed E-state index contributed by atoms with van der Waals surface area (Å²) >= 11 is 0. The number of anilines is 1. The average molecular weight is 642 g/mol. The zero-order valence-corrected chi connectivity index (χ0v) is 25.9. The van der Waals surface area contributed by atoms with Crippen molar-refractivity contribution in [3.8, 4) is 11.5 Å². The van der Waals surface area contributed by atoms with Crippen LogP contribution in [0.5, 0.6) is 11.5 Å². The van der Waals surface area contributed by atoms with Gasteiger partial charge in [0, 0.05) is 18.7 Å². The lowest BCUT2D eigenvalue weighted by atomic mass is 9.95. The molecule has 5 rings (SSSR count). The van der Waals surface area contributed by atoms with Gasteiger partial charge < -0.3 is 19.7 Å². The Morgan fingerprint density at radius 2 is 1.51 bits per heavy atom. The number of benzene rings is 3. The van der Waals surface area contributed by atoms with E-state index in [2.05, 4.69) is 5.32 Å². The number of hydrogen-bond acceptors (Lipinski definition) is 6. The van der Waals surface area contributed by atoms with Crippen LogP contribution in [0.3, 0.4) is 0 Å². The molecular formula is C33H37F2N3O6S. The first-order valence-electron chi connectivity index (χ1n) is 15.2. The van der Waals surface area contributed by atoms with Crippen molar-refractivity contribution in [1.82, 2.24) is 10.2 Å². The Kier molecular flexibility index (Phi) is 10.2. The Morgan fingerprint density at radius 1 is 0.889 bits per heavy atom. The number of nitrogens with one attached hydrogen (secondary N) is 1. The molecule has 3 aromatic carbocycles. The van der Waals surface area contributed by atoms with E-state index in [-0.39, 0.29) is 47.9 Å². The Labute approximate surface area is 262 Å². The number of ether oxygens (including phenoxy) is 2. The summed E-state index contributed by atoms with van der Waals surface area (Å²) in [6, 6.07) is 13.6. The van der Waals surface area contributed by atoms with E-state index in [4.69, 9.17) is 9.47 Å². The molecule has 2 aliphatic rings. The van der Waals surface area contributed by atoms with Crippen molar-refractivity contribution in [2.45, 2.75) is 69.0 Å². The first kappa shape index (κ1) is 32.2. The SMILES string of the molecule is CC[C@H](C(=O)NC1CCCCC1)N(Cc1ccc(F)cc1)C(=O)CN(c1ccc(F)cc1)S(=O)(=O)c1ccc2c(c1)OCCO2. The van der Waals surface area contributed by atoms with Gasteiger partial charge >= 0.3 is 0 Å². The monoisotopic (exact) mass is 641 g/mol. The number of fused-ring (bicyclic) bond motifs is 1. The summed E-state index contributed by atoms with van der Waals surface area (Å²) in [5.74, 6) is -1.38. The smallest absolute Gasteiger partial charge is 0.264 e. The van der Waals surface area contributed by atoms with Crippen molar-refractivity contribution < 1.29 is 36.3 Å². The highest BCUT2D eigenvalue weighted by Gasteiger charge is 2.35. The Morgan fingerprint density at radius 3 is 2.16 bits per heavy atom. The van der Waals surface area contributed by atoms with Gasteiger partial charge in [-0.1, -0.05) is 38.3 Å². The highest BCUT2D eigenvalue weighted by Crippen LogP contribution is 2.34. The van der Waals surface area contributed by atoms with E-state index < -0.39 is 40.2 Å². The zero-order valence-electron chi connectivity index (χ0n) is 25.1. The van der Waals surface area contributed by atoms with Gasteiger partial charge in [0.1, 0.15) is 37.4 Å². The molecule has 0 bridgehead atoms. The van der Waals surface area contributed by atoms with Crippen molar-refractivity contribution in [2.24, 2.45) is 0 Å². The minimum absolute atomic E-state index is 0.00521. The molecule has 240 valence electrons. The number of carbonyl (C=O) groups excluding carboxylic acids is 2. The van der Waals surface area contributed by atoms with Gasteiger partial charge in [-0.05, 0) is 73.4 Å². The number of hydrogen-bond donors (Lipinski definition) is 1. The molecule has 12 heteroatoms. The van der Waals surface area contributed by atoms with Crippen LogP contribution in [0.15, 0.2) is 71.6 Å². The zero-order chi connectivity index (χ0) is 32.0. The number of amides is 2. The molecule has 0 saturated heterocycles. The second kappa shape index (κ2) is 14.3. The largest absolute Gasteiger partial charge is 0.486 e. The topological polar surface area (TPSA) is 105 Å². The predicted molar refractivity (Wildman–Crippen MR) is 164 cm³/mol. The lowest BCUT2D eigenvalue weighted by molar-refractivity contribution is -0.140. The Hall–Kier alpha value is -4.19. The molecular weight excluding hydrogens is 604 g/mol. The van der Waals surface area contributed by atoms with Gasteiger partial charge in [-0.3, -0.25) is 13.9 Å². The van der Waals surface area contributed by atoms with E-state index in [0.29, 0.717) is 17.9 Å². The fourth-order valence-corrected chi connectivity index (χ4v) is 7.13. The van der Waals surface area contributed by atoms with E-state index in [1.54, 1.807) is 6.92 Å². The summed E-state index contributed by atoms with van der Waals surface area (Å²) in [4.78, 5) is 29.0. The lowest BCUT2D eigenvalue weighted by Crippen LogP contribution is -2.54. The van der Waals surface area contributed by atoms with E-state index in [9.17, 15) is 26.8 Å². The lowest BCUT2D eigenvalue weighted by Gasteiger charge is -2.34. The van der Waals surface area contributed by atoms with Gasteiger partial charge in [0.05, 0.1) is 10.6 Å². The van der Waals surface area contributed by atoms with Crippen LogP contribution < -0.4 is 19.1 Å². The van der Waals surface area contributed by atoms with E-state index in [0.717, 1.165) is 48.5 Å². The van der Waals surface area contributed by atoms with Crippen LogP contribution in [0.2, 0.25) is 0 Å². The number of nitrogens with zero attached hydrogens (tertiary/aromatic N) is 2. The fraction of sp³-hybridized carbons (Fsp3) is 0.394. The highest BCUT2D eigenvalue weighted by molar-refractivity contribution is 7.92. The number of halogens is 2. The van der Waals surface area contributed by atoms with Crippen LogP contribution in [0.4, 0.5) is 14.5 Å². The van der Waals surface area contributed by atoms with Gasteiger partial charge in [0.15, 0.2) is 11.5 Å². The summed E-state index contributed by atoms with van der Waals surface area (Å²) in [6.45, 7) is 1.61. The molecule has 1 atom stereocenters. The predicted octanol–water partition coefficient (Wildman–Crippen LogP) is 5.19. The number of sulfonamides is 1. The van der Waals surface area contributed by atoms with Crippen LogP contribution in [-0.2, 0) is 26.2 Å². The van der Waals surface area contributed by atoms with Crippen LogP contribution in [0.1, 0.15) is 51.0 Å². The van der Waals surface area contributed by atoms with Gasteiger partial charge in [0.25, 0.3) is 10.0 Å². The molecule has 0 spiro atoms. The van der Waals surface area contributed by atoms with Crippen molar-refractivity contribution >= 4 is 27.5 Å². The third-order valence-corrected chi connectivity index (χ3v) is 9.87. The molecule has 1 N–H and O–H groups in total. The molecule has 2 amide bonds. The second-order valence-electron chi connectivity index (χ2n) is 11.2. The summed E-state index contributed by atoms with van der Waals surface area (Å²) in [5, 5.41) is 3.08. The van der Waals surface area contributed by atoms with Crippen molar-refractivity contribution in [2.75, 3.05) is 24.1 Å². The standard InChI is InChI=1S/C33H37F2N3O6S/c1-2-29(33(40)36-26-6-4-3-5-7-26)37(21-23-8-10-24(34)11-9-23)32(39)22-38(27-14-12-25(35)13-15-27)45(41,42)28-16-17-30-31(20-28)44-19-18-43-30/h8-17,20,26,29H,2-7,18-19,21-22H2,1H3,(H,36,40)/t29-/m1/s1. The maximum Gasteiger partial charge on any atom is 0.264 e. The molecule has 1 heterocycles. The maximum absolute atomic E-state index is 14.2. The Balaban J connectivity index is 1.49. The van der Waals surface area contributed by atoms with Crippen LogP contribution in [0.25, 0.3) is 0 Å². The molecule has 45 heavy (non-hydrogen) atoms. The third-order valence-electron chi connectivity index (χ3n) is 8.10. The molecule has 1 aliphatic heterocycles. The molecule has 1 fully saturated rings. The van der Waals surface area contributed by atoms with Gasteiger partial charge in [-0.25, -0.2) is 17.2 Å². The highest BCUT2D eigenvalue weighted by atomic mass is 32.2. The quantitative estimate of drug-likeness (QED) is 0.309. The average Bonchev–Trinajstić information content (AvgIpc) is 3.05. The first-order chi connectivity index (χ1) is 21.7. The van der Waals surface area contributed by atoms with Crippen molar-refractivity contribution in [3.05, 3.63) is 83.9 Å². The Bertz CT molecular complexity index is 1600. The van der Waals surface area contributed by atoms with Crippen LogP contribution >= 0.6 is 0 Å². The normalized spacial score (nSPS) is 15.6. The summed E-state index contributed by atoms with van der Waals surface area (Å²) in [6.07, 6.45) is 5.07. The maximum atomic E-state index is 14.2. The third kappa shape index (κ3) is 7.73. The summed E-state index contributed by atoms with van der Waals surface area (Å²) < 4.78 is 67.9. The molecule has 0 unspecified atom stereocenters. The molecule has 3 aromatic rings. The number of carbonyl (C=O) groups is 2. The molecule has 9 nitrogen and oxygen atoms in total. The van der Waals surface area contributed by atoms with E-state index in [1.165, 1.54) is 59.5 Å². The van der Waals surface area contributed by atoms with Crippen LogP contribution in [-0.4, -0.2) is 57.0 Å². The van der Waals surface area contributed by atoms with E-state index >= 15 is 0 Å². The minimum Gasteiger partial charge on any atom is -0.486 e. The van der Waals surface area contributed by atoms with Crippen molar-refractivity contribution in [1.29, 1.82) is 0 Å². The summed E-state index contributed by atoms with van der Waals surface area (Å²) in [7, 11) is -4.41. The van der Waals surface area contributed by atoms with Gasteiger partial charge in [-0.15, -0.1) is 0 Å². The van der Waals surface area contributed by atoms with Crippen molar-refractivity contribution in [3.63, 3.8) is 0 Å². The molecule has 0 radical (unpaired) electrons. The van der Waals surface area contributed by atoms with Gasteiger partial charge in [0.2, 0.25) is 11.8 Å². The van der Waals surface area contributed by atoms with Crippen LogP contribution in [0, 0.1) is 11.6 Å². The van der Waals surface area contributed by atoms with E-state index in [1.807, 2.05) is 0 Å². The minimum atomic E-state index is -4.41. The fourth-order valence-electron chi connectivity index (χ4n) is 5.70. The molecule has 0 aromatic heterocycles. The first-order valence-corrected chi connectivity index (χ1v) is 16.6. The molecule has 1 aliphatic carbocycles. The van der Waals surface area contributed by atoms with Gasteiger partial charge in [-0.2, -0.15) is 0 Å². The molecule has 1 saturated carbocycles.